The summed E-state index contributed by atoms with van der Waals surface area (Å²) in [7, 11) is 0. The first-order valence-electron chi connectivity index (χ1n) is 4.65. The largest absolute Gasteiger partial charge is 0.396 e. The summed E-state index contributed by atoms with van der Waals surface area (Å²) in [5.74, 6) is 0. The molecular weight excluding hydrogens is 218 g/mol. The summed E-state index contributed by atoms with van der Waals surface area (Å²) in [4.78, 5) is 3.96. The molecule has 4 nitrogen and oxygen atoms in total. The van der Waals surface area contributed by atoms with Gasteiger partial charge in [0.15, 0.2) is 0 Å². The number of hydrogen-bond acceptors (Lipinski definition) is 4. The van der Waals surface area contributed by atoms with Crippen LogP contribution in [0.15, 0.2) is 12.3 Å². The SMILES string of the molecule is Cc1cc(Cl)cnc1C(O)C(O)CCO. The average molecular weight is 232 g/mol. The van der Waals surface area contributed by atoms with Gasteiger partial charge < -0.3 is 15.3 Å². The smallest absolute Gasteiger partial charge is 0.122 e. The lowest BCUT2D eigenvalue weighted by Crippen LogP contribution is -2.21. The third-order valence-corrected chi connectivity index (χ3v) is 2.36. The quantitative estimate of drug-likeness (QED) is 0.717. The Bertz CT molecular complexity index is 332. The maximum absolute atomic E-state index is 9.73. The summed E-state index contributed by atoms with van der Waals surface area (Å²) in [6.07, 6.45) is -0.569. The van der Waals surface area contributed by atoms with Gasteiger partial charge in [0.05, 0.1) is 16.8 Å². The molecule has 84 valence electrons. The number of aliphatic hydroxyl groups is 3. The molecule has 15 heavy (non-hydrogen) atoms. The van der Waals surface area contributed by atoms with Crippen LogP contribution in [0.1, 0.15) is 23.8 Å². The van der Waals surface area contributed by atoms with E-state index < -0.39 is 12.2 Å². The average Bonchev–Trinajstić information content (AvgIpc) is 2.17. The third kappa shape index (κ3) is 3.14. The lowest BCUT2D eigenvalue weighted by molar-refractivity contribution is 0.00156. The van der Waals surface area contributed by atoms with E-state index in [-0.39, 0.29) is 13.0 Å². The summed E-state index contributed by atoms with van der Waals surface area (Å²) < 4.78 is 0. The second kappa shape index (κ2) is 5.42. The maximum atomic E-state index is 9.73. The second-order valence-corrected chi connectivity index (χ2v) is 3.82. The van der Waals surface area contributed by atoms with Gasteiger partial charge in [0.1, 0.15) is 6.10 Å². The zero-order valence-electron chi connectivity index (χ0n) is 8.39. The van der Waals surface area contributed by atoms with Crippen molar-refractivity contribution in [3.63, 3.8) is 0 Å². The van der Waals surface area contributed by atoms with E-state index in [9.17, 15) is 10.2 Å². The molecule has 0 saturated carbocycles. The summed E-state index contributed by atoms with van der Waals surface area (Å²) in [5, 5.41) is 28.3. The molecule has 0 saturated heterocycles. The Balaban J connectivity index is 2.86. The summed E-state index contributed by atoms with van der Waals surface area (Å²) in [5.41, 5.74) is 1.10. The van der Waals surface area contributed by atoms with Crippen molar-refractivity contribution >= 4 is 11.6 Å². The minimum Gasteiger partial charge on any atom is -0.396 e. The molecule has 0 aliphatic rings. The zero-order valence-corrected chi connectivity index (χ0v) is 9.15. The second-order valence-electron chi connectivity index (χ2n) is 3.38. The van der Waals surface area contributed by atoms with Gasteiger partial charge >= 0.3 is 0 Å². The highest BCUT2D eigenvalue weighted by atomic mass is 35.5. The van der Waals surface area contributed by atoms with Crippen LogP contribution in [-0.2, 0) is 0 Å². The lowest BCUT2D eigenvalue weighted by atomic mass is 10.0. The Morgan fingerprint density at radius 2 is 2.13 bits per heavy atom. The molecule has 1 rings (SSSR count). The van der Waals surface area contributed by atoms with Gasteiger partial charge in [-0.3, -0.25) is 4.98 Å². The van der Waals surface area contributed by atoms with E-state index >= 15 is 0 Å². The van der Waals surface area contributed by atoms with E-state index in [1.165, 1.54) is 6.20 Å². The molecule has 3 N–H and O–H groups in total. The highest BCUT2D eigenvalue weighted by molar-refractivity contribution is 6.30. The highest BCUT2D eigenvalue weighted by Gasteiger charge is 2.20. The molecule has 0 amide bonds. The fourth-order valence-corrected chi connectivity index (χ4v) is 1.55. The minimum absolute atomic E-state index is 0.116. The number of aliphatic hydroxyl groups excluding tert-OH is 3. The van der Waals surface area contributed by atoms with Crippen molar-refractivity contribution in [2.45, 2.75) is 25.6 Å². The van der Waals surface area contributed by atoms with Crippen LogP contribution in [0.3, 0.4) is 0 Å². The molecule has 1 aromatic heterocycles. The molecule has 1 heterocycles. The first-order valence-corrected chi connectivity index (χ1v) is 5.03. The summed E-state index contributed by atoms with van der Waals surface area (Å²) in [6, 6.07) is 1.67. The van der Waals surface area contributed by atoms with Crippen molar-refractivity contribution in [2.24, 2.45) is 0 Å². The van der Waals surface area contributed by atoms with Crippen molar-refractivity contribution in [3.8, 4) is 0 Å². The van der Waals surface area contributed by atoms with Crippen molar-refractivity contribution in [2.75, 3.05) is 6.61 Å². The van der Waals surface area contributed by atoms with E-state index in [4.69, 9.17) is 16.7 Å². The maximum Gasteiger partial charge on any atom is 0.122 e. The Hall–Kier alpha value is -0.680. The van der Waals surface area contributed by atoms with E-state index in [1.54, 1.807) is 13.0 Å². The number of pyridine rings is 1. The predicted octanol–water partition coefficient (Wildman–Crippen LogP) is 0.820. The Kier molecular flexibility index (Phi) is 4.47. The van der Waals surface area contributed by atoms with Crippen molar-refractivity contribution in [3.05, 3.63) is 28.5 Å². The molecule has 2 atom stereocenters. The van der Waals surface area contributed by atoms with Crippen molar-refractivity contribution < 1.29 is 15.3 Å². The molecule has 0 radical (unpaired) electrons. The molecule has 0 fully saturated rings. The molecule has 0 spiro atoms. The molecule has 1 aromatic rings. The summed E-state index contributed by atoms with van der Waals surface area (Å²) >= 11 is 5.72. The minimum atomic E-state index is -1.09. The van der Waals surface area contributed by atoms with Crippen LogP contribution >= 0.6 is 11.6 Å². The van der Waals surface area contributed by atoms with Gasteiger partial charge in [0.2, 0.25) is 0 Å². The molecule has 5 heteroatoms. The van der Waals surface area contributed by atoms with E-state index in [0.717, 1.165) is 0 Å². The molecule has 0 aliphatic heterocycles. The Morgan fingerprint density at radius 3 is 2.67 bits per heavy atom. The van der Waals surface area contributed by atoms with Gasteiger partial charge in [-0.1, -0.05) is 11.6 Å². The summed E-state index contributed by atoms with van der Waals surface area (Å²) in [6.45, 7) is 1.58. The highest BCUT2D eigenvalue weighted by Crippen LogP contribution is 2.22. The van der Waals surface area contributed by atoms with Gasteiger partial charge in [-0.2, -0.15) is 0 Å². The Labute approximate surface area is 93.2 Å². The number of rotatable bonds is 4. The van der Waals surface area contributed by atoms with Crippen LogP contribution < -0.4 is 0 Å². The van der Waals surface area contributed by atoms with Crippen LogP contribution in [0.2, 0.25) is 5.02 Å². The molecule has 2 unspecified atom stereocenters. The van der Waals surface area contributed by atoms with E-state index in [0.29, 0.717) is 16.3 Å². The van der Waals surface area contributed by atoms with Crippen molar-refractivity contribution in [1.29, 1.82) is 0 Å². The molecular formula is C10H14ClNO3. The predicted molar refractivity (Wildman–Crippen MR) is 56.7 cm³/mol. The molecule has 0 aromatic carbocycles. The molecule has 0 bridgehead atoms. The number of aryl methyl sites for hydroxylation is 1. The number of nitrogens with zero attached hydrogens (tertiary/aromatic N) is 1. The monoisotopic (exact) mass is 231 g/mol. The van der Waals surface area contributed by atoms with E-state index in [2.05, 4.69) is 4.98 Å². The first kappa shape index (κ1) is 12.4. The Morgan fingerprint density at radius 1 is 1.47 bits per heavy atom. The molecule has 0 aliphatic carbocycles. The third-order valence-electron chi connectivity index (χ3n) is 2.15. The normalized spacial score (nSPS) is 15.0. The lowest BCUT2D eigenvalue weighted by Gasteiger charge is -2.18. The van der Waals surface area contributed by atoms with Crippen LogP contribution in [0, 0.1) is 6.92 Å². The van der Waals surface area contributed by atoms with Crippen LogP contribution in [0.4, 0.5) is 0 Å². The topological polar surface area (TPSA) is 73.6 Å². The first-order chi connectivity index (χ1) is 7.06. The number of aromatic nitrogens is 1. The van der Waals surface area contributed by atoms with Gasteiger partial charge in [0.25, 0.3) is 0 Å². The van der Waals surface area contributed by atoms with E-state index in [1.807, 2.05) is 0 Å². The van der Waals surface area contributed by atoms with Crippen LogP contribution in [0.5, 0.6) is 0 Å². The van der Waals surface area contributed by atoms with Gasteiger partial charge in [0, 0.05) is 12.8 Å². The fourth-order valence-electron chi connectivity index (χ4n) is 1.33. The van der Waals surface area contributed by atoms with Gasteiger partial charge in [-0.25, -0.2) is 0 Å². The fraction of sp³-hybridized carbons (Fsp3) is 0.500. The van der Waals surface area contributed by atoms with Gasteiger partial charge in [-0.05, 0) is 25.0 Å². The standard InChI is InChI=1S/C10H14ClNO3/c1-6-4-7(11)5-12-9(6)10(15)8(14)2-3-13/h4-5,8,10,13-15H,2-3H2,1H3. The number of hydrogen-bond donors (Lipinski definition) is 3. The zero-order chi connectivity index (χ0) is 11.4. The van der Waals surface area contributed by atoms with Crippen molar-refractivity contribution in [1.82, 2.24) is 4.98 Å². The van der Waals surface area contributed by atoms with Gasteiger partial charge in [-0.15, -0.1) is 0 Å². The number of halogens is 1. The van der Waals surface area contributed by atoms with Crippen LogP contribution in [-0.4, -0.2) is 33.0 Å². The van der Waals surface area contributed by atoms with Crippen LogP contribution in [0.25, 0.3) is 0 Å².